The van der Waals surface area contributed by atoms with Gasteiger partial charge in [0.15, 0.2) is 0 Å². The lowest BCUT2D eigenvalue weighted by molar-refractivity contribution is 0.209. The van der Waals surface area contributed by atoms with E-state index in [2.05, 4.69) is 263 Å². The second-order valence-corrected chi connectivity index (χ2v) is 37.1. The molecule has 0 radical (unpaired) electrons. The molecule has 1 saturated heterocycles. The van der Waals surface area contributed by atoms with Gasteiger partial charge < -0.3 is 14.5 Å². The van der Waals surface area contributed by atoms with E-state index in [9.17, 15) is 0 Å². The summed E-state index contributed by atoms with van der Waals surface area (Å²) in [5.41, 5.74) is 28.1. The zero-order valence-electron chi connectivity index (χ0n) is 58.4. The van der Waals surface area contributed by atoms with Crippen molar-refractivity contribution >= 4 is 19.7 Å². The Morgan fingerprint density at radius 3 is 2.29 bits per heavy atom. The van der Waals surface area contributed by atoms with E-state index in [1.807, 2.05) is 0 Å². The lowest BCUT2D eigenvalue weighted by Crippen LogP contribution is -2.39. The third-order valence-corrected chi connectivity index (χ3v) is 27.8. The molecule has 0 amide bonds. The van der Waals surface area contributed by atoms with Gasteiger partial charge in [-0.1, -0.05) is 235 Å². The molecule has 1 fully saturated rings. The first-order valence-electron chi connectivity index (χ1n) is 37.4. The van der Waals surface area contributed by atoms with Crippen molar-refractivity contribution in [3.8, 4) is 5.75 Å². The molecule has 8 unspecified atom stereocenters. The molecule has 1 heterocycles. The smallest absolute Gasteiger partial charge is 0.119 e. The summed E-state index contributed by atoms with van der Waals surface area (Å²) in [4.78, 5) is 5.74. The summed E-state index contributed by atoms with van der Waals surface area (Å²) in [7, 11) is -1.67. The number of hydrogen-bond acceptors (Lipinski definition) is 3. The average Bonchev–Trinajstić information content (AvgIpc) is 1.56. The van der Waals surface area contributed by atoms with Crippen LogP contribution >= 0.6 is 0 Å². The second-order valence-electron chi connectivity index (χ2n) is 31.8. The fourth-order valence-corrected chi connectivity index (χ4v) is 21.0. The van der Waals surface area contributed by atoms with Crippen molar-refractivity contribution in [2.24, 2.45) is 17.8 Å². The third-order valence-electron chi connectivity index (χ3n) is 24.5. The second kappa shape index (κ2) is 27.3. The maximum absolute atomic E-state index is 6.70. The van der Waals surface area contributed by atoms with Crippen LogP contribution in [0.3, 0.4) is 0 Å². The van der Waals surface area contributed by atoms with Gasteiger partial charge in [0.1, 0.15) is 5.75 Å². The Hall–Kier alpha value is -7.66. The predicted octanol–water partition coefficient (Wildman–Crippen LogP) is 23.5. The Bertz CT molecular complexity index is 4140. The molecule has 0 aromatic heterocycles. The topological polar surface area (TPSA) is 15.7 Å². The van der Waals surface area contributed by atoms with Crippen LogP contribution in [0.1, 0.15) is 181 Å². The lowest BCUT2D eigenvalue weighted by atomic mass is 9.68. The number of hydrogen-bond donors (Lipinski definition) is 0. The van der Waals surface area contributed by atoms with Crippen LogP contribution in [0.15, 0.2) is 275 Å². The Morgan fingerprint density at radius 2 is 1.54 bits per heavy atom. The molecule has 10 aliphatic carbocycles. The Labute approximate surface area is 577 Å². The Kier molecular flexibility index (Phi) is 18.3. The van der Waals surface area contributed by atoms with Crippen molar-refractivity contribution in [1.29, 1.82) is 0 Å². The fourth-order valence-electron chi connectivity index (χ4n) is 18.9. The number of allylic oxidation sites excluding steroid dienone is 24. The van der Waals surface area contributed by atoms with Crippen LogP contribution in [0.4, 0.5) is 0 Å². The summed E-state index contributed by atoms with van der Waals surface area (Å²) in [5, 5.41) is 0. The number of benzene rings is 4. The maximum Gasteiger partial charge on any atom is 0.119 e. The summed E-state index contributed by atoms with van der Waals surface area (Å²) in [6.45, 7) is 21.1. The summed E-state index contributed by atoms with van der Waals surface area (Å²) in [5.74, 6) is 3.01. The van der Waals surface area contributed by atoms with Gasteiger partial charge in [0.25, 0.3) is 0 Å². The van der Waals surface area contributed by atoms with Gasteiger partial charge in [0.2, 0.25) is 0 Å². The predicted molar refractivity (Wildman–Crippen MR) is 408 cm³/mol. The minimum absolute atomic E-state index is 0.127. The number of rotatable bonds is 19. The van der Waals surface area contributed by atoms with Crippen LogP contribution in [0, 0.1) is 17.8 Å². The number of fused-ring (bicyclic) bond motifs is 7. The molecule has 4 aromatic carbocycles. The van der Waals surface area contributed by atoms with Gasteiger partial charge in [0.05, 0.1) is 26.8 Å². The standard InChI is InChI=1S/C92H104N2OSi/c1-8-64-25-29-68(30-26-64)71-33-34-73-60-82(51-41-72(73)59-71)95-56-58-96(6,7)57-18-55-92(77-19-12-10-13-20-77)87-24-17-16-23-83(87)84-52-50-81(63-88(84)92)93(79-46-37-67(38-47-79)66-35-44-76(45-36-66)91(3,4)5)80-48-39-70(40-49-80)75-43-54-90-86(62-75)85-61-74(69-31-27-65(9-2)28-32-69)42-53-89(85)94(90)78-21-14-11-15-22-78/h8-14,16-17,19-21,23-24,27,29,31,35-37,39,41,44-48,51-52,59-64,67,74,81,86,89-90H,1-2,15,18,22,25-26,28,30,32-34,38,40,42-43,49-50,53-58H2,3-7H3. The molecule has 0 saturated carbocycles. The Morgan fingerprint density at radius 1 is 0.698 bits per heavy atom. The van der Waals surface area contributed by atoms with E-state index >= 15 is 0 Å². The number of likely N-dealkylation sites (tertiary alicyclic amines) is 1. The zero-order chi connectivity index (χ0) is 65.5. The van der Waals surface area contributed by atoms with Crippen LogP contribution in [0.2, 0.25) is 25.2 Å². The van der Waals surface area contributed by atoms with Crippen molar-refractivity contribution in [3.63, 3.8) is 0 Å². The van der Waals surface area contributed by atoms with Gasteiger partial charge in [-0.2, -0.15) is 0 Å². The van der Waals surface area contributed by atoms with Crippen molar-refractivity contribution in [3.05, 3.63) is 314 Å². The van der Waals surface area contributed by atoms with Gasteiger partial charge >= 0.3 is 0 Å². The highest BCUT2D eigenvalue weighted by atomic mass is 28.3. The van der Waals surface area contributed by atoms with E-state index in [0.717, 1.165) is 102 Å². The number of ether oxygens (including phenoxy) is 1. The average molecular weight is 1280 g/mol. The van der Waals surface area contributed by atoms with E-state index in [1.54, 1.807) is 33.6 Å². The molecule has 3 nitrogen and oxygen atoms in total. The highest BCUT2D eigenvalue weighted by Gasteiger charge is 2.50. The molecule has 4 heteroatoms. The van der Waals surface area contributed by atoms with E-state index in [0.29, 0.717) is 35.8 Å². The molecule has 0 N–H and O–H groups in total. The molecule has 96 heavy (non-hydrogen) atoms. The normalized spacial score (nSPS) is 26.8. The van der Waals surface area contributed by atoms with Crippen LogP contribution < -0.4 is 4.74 Å². The van der Waals surface area contributed by atoms with Gasteiger partial charge in [-0.3, -0.25) is 0 Å². The maximum atomic E-state index is 6.70. The van der Waals surface area contributed by atoms with Crippen molar-refractivity contribution in [2.75, 3.05) is 6.61 Å². The first kappa shape index (κ1) is 64.3. The molecule has 4 aromatic rings. The molecule has 1 aliphatic heterocycles. The van der Waals surface area contributed by atoms with Gasteiger partial charge in [-0.25, -0.2) is 0 Å². The van der Waals surface area contributed by atoms with Crippen LogP contribution in [0.5, 0.6) is 5.75 Å². The molecule has 11 aliphatic rings. The van der Waals surface area contributed by atoms with Crippen molar-refractivity contribution in [1.82, 2.24) is 9.80 Å². The quantitative estimate of drug-likeness (QED) is 0.0687. The largest absolute Gasteiger partial charge is 0.494 e. The lowest BCUT2D eigenvalue weighted by Gasteiger charge is -2.41. The van der Waals surface area contributed by atoms with E-state index in [-0.39, 0.29) is 16.9 Å². The summed E-state index contributed by atoms with van der Waals surface area (Å²) in [6, 6.07) is 41.2. The van der Waals surface area contributed by atoms with Crippen molar-refractivity contribution < 1.29 is 4.74 Å². The van der Waals surface area contributed by atoms with Gasteiger partial charge in [-0.05, 0) is 253 Å². The van der Waals surface area contributed by atoms with Crippen LogP contribution in [-0.4, -0.2) is 42.6 Å². The fraction of sp³-hybridized carbons (Fsp3) is 0.391. The molecule has 0 bridgehead atoms. The van der Waals surface area contributed by atoms with Crippen molar-refractivity contribution in [2.45, 2.75) is 203 Å². The van der Waals surface area contributed by atoms with E-state index in [1.165, 1.54) is 117 Å². The van der Waals surface area contributed by atoms with Crippen LogP contribution in [-0.2, 0) is 17.3 Å². The van der Waals surface area contributed by atoms with Crippen LogP contribution in [0.25, 0.3) is 11.6 Å². The minimum Gasteiger partial charge on any atom is -0.494 e. The number of aryl methyl sites for hydroxylation is 1. The van der Waals surface area contributed by atoms with E-state index < -0.39 is 8.07 Å². The molecule has 8 atom stereocenters. The summed E-state index contributed by atoms with van der Waals surface area (Å²) >= 11 is 0. The third kappa shape index (κ3) is 12.8. The first-order chi connectivity index (χ1) is 46.8. The van der Waals surface area contributed by atoms with Gasteiger partial charge in [0, 0.05) is 40.4 Å². The van der Waals surface area contributed by atoms with Gasteiger partial charge in [-0.15, -0.1) is 6.58 Å². The highest BCUT2D eigenvalue weighted by Crippen LogP contribution is 2.59. The Balaban J connectivity index is 0.717. The van der Waals surface area contributed by atoms with E-state index in [4.69, 9.17) is 4.74 Å². The zero-order valence-corrected chi connectivity index (χ0v) is 59.4. The minimum atomic E-state index is -1.67. The number of nitrogens with zero attached hydrogens (tertiary/aromatic N) is 2. The molecule has 0 spiro atoms. The summed E-state index contributed by atoms with van der Waals surface area (Å²) in [6.07, 6.45) is 66.2. The SMILES string of the molecule is C=CC1=CC=C(C2C=C3C4C=C(C5=CC=C(N(C6=CCC(c7ccc(C(C)(C)C)cc7)C=C6)C6C=C7C(=CC6)c6ccccc6C7(CCC[Si](C)(C)CCOc6ccc7c(c6)CCC(C6=CCC(C=C)CC6)=C7)c6ccccc6)CC5)CCC4N(C4=CC=CCC4)C3CC2)CC1. The summed E-state index contributed by atoms with van der Waals surface area (Å²) < 4.78 is 6.70. The molecule has 15 rings (SSSR count). The highest BCUT2D eigenvalue weighted by molar-refractivity contribution is 6.77. The monoisotopic (exact) mass is 1280 g/mol. The first-order valence-corrected chi connectivity index (χ1v) is 40.9. The molecular formula is C92H104N2OSi. The molecule has 492 valence electrons. The molecular weight excluding hydrogens is 1180 g/mol.